The summed E-state index contributed by atoms with van der Waals surface area (Å²) in [5, 5.41) is 0. The zero-order chi connectivity index (χ0) is 22.4. The molecule has 2 nitrogen and oxygen atoms in total. The van der Waals surface area contributed by atoms with Gasteiger partial charge < -0.3 is 9.80 Å². The molecule has 0 atom stereocenters. The summed E-state index contributed by atoms with van der Waals surface area (Å²) >= 11 is 3.66. The van der Waals surface area contributed by atoms with E-state index in [4.69, 9.17) is 0 Å². The van der Waals surface area contributed by atoms with Crippen molar-refractivity contribution < 1.29 is 15.1 Å². The number of aryl methyl sites for hydroxylation is 4. The van der Waals surface area contributed by atoms with Crippen LogP contribution in [0.5, 0.6) is 0 Å². The molecular weight excluding hydrogens is 451 g/mol. The molecule has 0 aromatic heterocycles. The number of anilines is 2. The van der Waals surface area contributed by atoms with Gasteiger partial charge in [0.1, 0.15) is 0 Å². The monoisotopic (exact) mass is 485 g/mol. The summed E-state index contributed by atoms with van der Waals surface area (Å²) in [4.78, 5) is 5.11. The second kappa shape index (κ2) is 11.5. The average molecular weight is 487 g/mol. The summed E-state index contributed by atoms with van der Waals surface area (Å²) in [6.45, 7) is 11.5. The molecule has 1 aliphatic carbocycles. The van der Waals surface area contributed by atoms with Crippen LogP contribution in [0, 0.1) is 6.67 Å². The SMILES string of the molecule is CCc1cccc(CC)c1N1[CH-]N(c2c(CC)cccc2CC)C2=C1CCCC2.[Cl][Cu+]. The first-order valence-electron chi connectivity index (χ1n) is 11.7. The van der Waals surface area contributed by atoms with Crippen molar-refractivity contribution in [3.05, 3.63) is 76.7 Å². The predicted molar refractivity (Wildman–Crippen MR) is 131 cm³/mol. The quantitative estimate of drug-likeness (QED) is 0.303. The normalized spacial score (nSPS) is 15.7. The summed E-state index contributed by atoms with van der Waals surface area (Å²) in [5.41, 5.74) is 11.7. The molecule has 2 aliphatic rings. The molecule has 0 saturated heterocycles. The van der Waals surface area contributed by atoms with Gasteiger partial charge in [0, 0.05) is 22.8 Å². The Balaban J connectivity index is 0.00000132. The molecule has 2 aromatic rings. The van der Waals surface area contributed by atoms with Crippen LogP contribution in [0.4, 0.5) is 11.4 Å². The number of para-hydroxylation sites is 2. The first-order valence-corrected chi connectivity index (χ1v) is 13.0. The van der Waals surface area contributed by atoms with Crippen molar-refractivity contribution in [2.24, 2.45) is 0 Å². The first kappa shape index (κ1) is 24.2. The predicted octanol–water partition coefficient (Wildman–Crippen LogP) is 7.85. The van der Waals surface area contributed by atoms with Crippen molar-refractivity contribution >= 4 is 21.5 Å². The van der Waals surface area contributed by atoms with E-state index in [-0.39, 0.29) is 0 Å². The van der Waals surface area contributed by atoms with E-state index in [1.807, 2.05) is 0 Å². The zero-order valence-electron chi connectivity index (χ0n) is 19.3. The van der Waals surface area contributed by atoms with Crippen molar-refractivity contribution in [3.8, 4) is 0 Å². The maximum absolute atomic E-state index is 4.20. The second-order valence-electron chi connectivity index (χ2n) is 8.22. The molecule has 4 rings (SSSR count). The van der Waals surface area contributed by atoms with Gasteiger partial charge in [0.15, 0.2) is 0 Å². The van der Waals surface area contributed by atoms with Gasteiger partial charge in [-0.05, 0) is 73.6 Å². The Morgan fingerprint density at radius 3 is 1.29 bits per heavy atom. The van der Waals surface area contributed by atoms with Gasteiger partial charge in [0.05, 0.1) is 0 Å². The molecule has 171 valence electrons. The summed E-state index contributed by atoms with van der Waals surface area (Å²) < 4.78 is 0. The number of nitrogens with zero attached hydrogens (tertiary/aromatic N) is 2. The van der Waals surface area contributed by atoms with Crippen LogP contribution in [0.3, 0.4) is 0 Å². The van der Waals surface area contributed by atoms with Crippen molar-refractivity contribution in [1.82, 2.24) is 0 Å². The second-order valence-corrected chi connectivity index (χ2v) is 8.22. The molecule has 1 aliphatic heterocycles. The van der Waals surface area contributed by atoms with Crippen LogP contribution in [-0.4, -0.2) is 0 Å². The minimum atomic E-state index is 1.07. The number of rotatable bonds is 6. The third-order valence-electron chi connectivity index (χ3n) is 6.63. The number of benzene rings is 2. The average Bonchev–Trinajstić information content (AvgIpc) is 3.22. The molecule has 0 amide bonds. The van der Waals surface area contributed by atoms with Gasteiger partial charge in [-0.15, -0.1) is 6.67 Å². The van der Waals surface area contributed by atoms with E-state index >= 15 is 0 Å². The van der Waals surface area contributed by atoms with Gasteiger partial charge in [0.25, 0.3) is 0 Å². The summed E-state index contributed by atoms with van der Waals surface area (Å²) in [5.74, 6) is 0. The van der Waals surface area contributed by atoms with Crippen molar-refractivity contribution in [3.63, 3.8) is 0 Å². The van der Waals surface area contributed by atoms with Gasteiger partial charge in [-0.25, -0.2) is 0 Å². The van der Waals surface area contributed by atoms with Crippen LogP contribution in [0.25, 0.3) is 0 Å². The molecule has 0 unspecified atom stereocenters. The minimum absolute atomic E-state index is 1.07. The molecule has 4 heteroatoms. The van der Waals surface area contributed by atoms with Crippen LogP contribution < -0.4 is 9.80 Å². The van der Waals surface area contributed by atoms with Gasteiger partial charge in [-0.3, -0.25) is 0 Å². The van der Waals surface area contributed by atoms with E-state index in [1.165, 1.54) is 70.7 Å². The standard InChI is InChI=1S/C27H35N2.ClH.Cu/c1-5-20-13-11-14-21(6-2)26(20)28-19-29(25-18-10-9-17-24(25)28)27-22(7-3)15-12-16-23(27)8-4;;/h11-16,19H,5-10,17-18H2,1-4H3;1H;/q-1;;+2/p-1. The third-order valence-corrected chi connectivity index (χ3v) is 6.63. The van der Waals surface area contributed by atoms with E-state index in [2.05, 4.69) is 106 Å². The number of allylic oxidation sites excluding steroid dienone is 2. The maximum atomic E-state index is 4.20. The van der Waals surface area contributed by atoms with Crippen LogP contribution in [0.1, 0.15) is 75.6 Å². The topological polar surface area (TPSA) is 6.48 Å². The number of hydrogen-bond acceptors (Lipinski definition) is 2. The fourth-order valence-corrected chi connectivity index (χ4v) is 5.08. The Hall–Kier alpha value is -1.41. The van der Waals surface area contributed by atoms with E-state index in [1.54, 1.807) is 0 Å². The third kappa shape index (κ3) is 4.70. The zero-order valence-corrected chi connectivity index (χ0v) is 21.0. The summed E-state index contributed by atoms with van der Waals surface area (Å²) in [7, 11) is 4.20. The molecule has 31 heavy (non-hydrogen) atoms. The molecule has 0 N–H and O–H groups in total. The molecule has 2 aromatic carbocycles. The van der Waals surface area contributed by atoms with Gasteiger partial charge in [-0.1, -0.05) is 64.1 Å². The molecule has 0 spiro atoms. The van der Waals surface area contributed by atoms with Crippen molar-refractivity contribution in [2.45, 2.75) is 79.1 Å². The fourth-order valence-electron chi connectivity index (χ4n) is 5.08. The Morgan fingerprint density at radius 2 is 1.00 bits per heavy atom. The van der Waals surface area contributed by atoms with E-state index in [9.17, 15) is 0 Å². The molecule has 0 saturated carbocycles. The molecule has 0 radical (unpaired) electrons. The van der Waals surface area contributed by atoms with Gasteiger partial charge in [-0.2, -0.15) is 0 Å². The first-order chi connectivity index (χ1) is 15.2. The molecular formula is C27H35ClCuN2. The number of halogens is 1. The van der Waals surface area contributed by atoms with Crippen LogP contribution in [0.15, 0.2) is 47.8 Å². The van der Waals surface area contributed by atoms with Gasteiger partial charge >= 0.3 is 25.2 Å². The summed E-state index contributed by atoms with van der Waals surface area (Å²) in [6.07, 6.45) is 9.23. The Kier molecular flexibility index (Phi) is 8.95. The van der Waals surface area contributed by atoms with Crippen molar-refractivity contribution in [1.29, 1.82) is 0 Å². The van der Waals surface area contributed by atoms with E-state index in [0.29, 0.717) is 0 Å². The Bertz CT molecular complexity index is 803. The van der Waals surface area contributed by atoms with Crippen molar-refractivity contribution in [2.75, 3.05) is 9.80 Å². The summed E-state index contributed by atoms with van der Waals surface area (Å²) in [6, 6.07) is 13.7. The van der Waals surface area contributed by atoms with Crippen LogP contribution in [-0.2, 0) is 40.8 Å². The van der Waals surface area contributed by atoms with E-state index in [0.717, 1.165) is 25.7 Å². The Labute approximate surface area is 201 Å². The molecule has 0 bridgehead atoms. The molecule has 1 heterocycles. The number of hydrogen-bond donors (Lipinski definition) is 0. The molecule has 0 fully saturated rings. The Morgan fingerprint density at radius 1 is 0.677 bits per heavy atom. The van der Waals surface area contributed by atoms with Gasteiger partial charge in [0.2, 0.25) is 0 Å². The van der Waals surface area contributed by atoms with Crippen LogP contribution >= 0.6 is 10.1 Å². The fraction of sp³-hybridized carbons (Fsp3) is 0.444. The van der Waals surface area contributed by atoms with Crippen LogP contribution in [0.2, 0.25) is 0 Å². The van der Waals surface area contributed by atoms with E-state index < -0.39 is 0 Å².